The maximum absolute atomic E-state index is 12.3. The smallest absolute Gasteiger partial charge is 0.248 e. The number of para-hydroxylation sites is 2. The first-order valence-corrected chi connectivity index (χ1v) is 9.04. The molecule has 1 N–H and O–H groups in total. The highest BCUT2D eigenvalue weighted by Crippen LogP contribution is 2.24. The second-order valence-electron chi connectivity index (χ2n) is 6.27. The number of carbonyl (C=O) groups is 1. The number of rotatable bonds is 5. The lowest BCUT2D eigenvalue weighted by atomic mass is 10.1. The normalized spacial score (nSPS) is 10.9. The van der Waals surface area contributed by atoms with Gasteiger partial charge in [0.1, 0.15) is 0 Å². The van der Waals surface area contributed by atoms with Gasteiger partial charge in [-0.25, -0.2) is 4.68 Å². The van der Waals surface area contributed by atoms with Crippen LogP contribution < -0.4 is 5.32 Å². The zero-order valence-corrected chi connectivity index (χ0v) is 15.2. The summed E-state index contributed by atoms with van der Waals surface area (Å²) in [5.74, 6) is -0.183. The maximum atomic E-state index is 12.3. The van der Waals surface area contributed by atoms with Crippen molar-refractivity contribution in [1.82, 2.24) is 9.78 Å². The van der Waals surface area contributed by atoms with Crippen LogP contribution in [0.2, 0.25) is 0 Å². The first-order chi connectivity index (χ1) is 13.8. The third-order valence-electron chi connectivity index (χ3n) is 4.27. The molecule has 1 aromatic heterocycles. The van der Waals surface area contributed by atoms with Crippen molar-refractivity contribution in [2.24, 2.45) is 0 Å². The van der Waals surface area contributed by atoms with Crippen molar-refractivity contribution in [3.05, 3.63) is 109 Å². The number of benzene rings is 3. The fraction of sp³-hybridized carbons (Fsp3) is 0. The van der Waals surface area contributed by atoms with Crippen molar-refractivity contribution in [1.29, 1.82) is 0 Å². The summed E-state index contributed by atoms with van der Waals surface area (Å²) in [6, 6.07) is 29.3. The topological polar surface area (TPSA) is 46.9 Å². The monoisotopic (exact) mass is 365 g/mol. The number of carbonyl (C=O) groups excluding carboxylic acids is 1. The Hall–Kier alpha value is -3.92. The van der Waals surface area contributed by atoms with Crippen LogP contribution in [0.3, 0.4) is 0 Å². The minimum Gasteiger partial charge on any atom is -0.323 e. The van der Waals surface area contributed by atoms with Gasteiger partial charge in [0, 0.05) is 29.1 Å². The molecule has 0 fully saturated rings. The summed E-state index contributed by atoms with van der Waals surface area (Å²) in [4.78, 5) is 12.3. The molecule has 0 unspecified atom stereocenters. The molecular formula is C24H19N3O. The van der Waals surface area contributed by atoms with Gasteiger partial charge in [-0.2, -0.15) is 5.10 Å². The highest BCUT2D eigenvalue weighted by molar-refractivity contribution is 6.02. The highest BCUT2D eigenvalue weighted by Gasteiger charge is 2.10. The van der Waals surface area contributed by atoms with Gasteiger partial charge in [0.25, 0.3) is 0 Å². The van der Waals surface area contributed by atoms with E-state index in [4.69, 9.17) is 5.10 Å². The van der Waals surface area contributed by atoms with Crippen molar-refractivity contribution in [2.45, 2.75) is 0 Å². The molecule has 4 rings (SSSR count). The van der Waals surface area contributed by atoms with Gasteiger partial charge in [-0.1, -0.05) is 66.7 Å². The Morgan fingerprint density at radius 3 is 2.11 bits per heavy atom. The molecule has 1 amide bonds. The van der Waals surface area contributed by atoms with Gasteiger partial charge >= 0.3 is 0 Å². The Labute approximate surface area is 163 Å². The molecular weight excluding hydrogens is 346 g/mol. The van der Waals surface area contributed by atoms with Gasteiger partial charge in [0.15, 0.2) is 0 Å². The van der Waals surface area contributed by atoms with E-state index in [0.29, 0.717) is 0 Å². The lowest BCUT2D eigenvalue weighted by molar-refractivity contribution is -0.111. The summed E-state index contributed by atoms with van der Waals surface area (Å²) in [6.07, 6.45) is 5.27. The molecule has 0 spiro atoms. The molecule has 136 valence electrons. The molecule has 0 saturated heterocycles. The predicted octanol–water partition coefficient (Wildman–Crippen LogP) is 5.19. The number of aromatic nitrogens is 2. The molecule has 0 aliphatic rings. The van der Waals surface area contributed by atoms with E-state index in [2.05, 4.69) is 5.32 Å². The van der Waals surface area contributed by atoms with E-state index in [1.54, 1.807) is 6.08 Å². The fourth-order valence-corrected chi connectivity index (χ4v) is 2.91. The first kappa shape index (κ1) is 17.5. The van der Waals surface area contributed by atoms with Crippen molar-refractivity contribution in [3.63, 3.8) is 0 Å². The van der Waals surface area contributed by atoms with E-state index in [9.17, 15) is 4.79 Å². The zero-order valence-electron chi connectivity index (χ0n) is 15.2. The molecule has 0 atom stereocenters. The SMILES string of the molecule is O=C(C=Cc1cn(-c2ccccc2)nc1-c1ccccc1)Nc1ccccc1. The summed E-state index contributed by atoms with van der Waals surface area (Å²) < 4.78 is 1.83. The summed E-state index contributed by atoms with van der Waals surface area (Å²) >= 11 is 0. The number of hydrogen-bond donors (Lipinski definition) is 1. The summed E-state index contributed by atoms with van der Waals surface area (Å²) in [7, 11) is 0. The Morgan fingerprint density at radius 2 is 1.43 bits per heavy atom. The number of nitrogens with zero attached hydrogens (tertiary/aromatic N) is 2. The largest absolute Gasteiger partial charge is 0.323 e. The molecule has 28 heavy (non-hydrogen) atoms. The highest BCUT2D eigenvalue weighted by atomic mass is 16.1. The van der Waals surface area contributed by atoms with Crippen molar-refractivity contribution >= 4 is 17.7 Å². The number of amides is 1. The number of anilines is 1. The van der Waals surface area contributed by atoms with Crippen LogP contribution in [-0.2, 0) is 4.79 Å². The second-order valence-corrected chi connectivity index (χ2v) is 6.27. The van der Waals surface area contributed by atoms with E-state index in [1.165, 1.54) is 6.08 Å². The van der Waals surface area contributed by atoms with Gasteiger partial charge in [0.2, 0.25) is 5.91 Å². The second kappa shape index (κ2) is 8.18. The van der Waals surface area contributed by atoms with Crippen LogP contribution >= 0.6 is 0 Å². The van der Waals surface area contributed by atoms with Crippen LogP contribution in [0.25, 0.3) is 23.0 Å². The summed E-state index contributed by atoms with van der Waals surface area (Å²) in [6.45, 7) is 0. The van der Waals surface area contributed by atoms with Gasteiger partial charge in [-0.05, 0) is 30.3 Å². The lowest BCUT2D eigenvalue weighted by Gasteiger charge is -2.01. The van der Waals surface area contributed by atoms with Crippen molar-refractivity contribution in [2.75, 3.05) is 5.32 Å². The molecule has 0 saturated carbocycles. The minimum absolute atomic E-state index is 0.183. The average molecular weight is 365 g/mol. The number of nitrogens with one attached hydrogen (secondary N) is 1. The Kier molecular flexibility index (Phi) is 5.11. The van der Waals surface area contributed by atoms with Gasteiger partial charge < -0.3 is 5.32 Å². The molecule has 4 nitrogen and oxygen atoms in total. The van der Waals surface area contributed by atoms with Gasteiger partial charge in [-0.3, -0.25) is 4.79 Å². The standard InChI is InChI=1S/C24H19N3O/c28-23(25-21-12-6-2-7-13-21)17-16-20-18-27(22-14-8-3-9-15-22)26-24(20)19-10-4-1-5-11-19/h1-18H,(H,25,28). The van der Waals surface area contributed by atoms with Crippen LogP contribution in [0.1, 0.15) is 5.56 Å². The molecule has 4 heteroatoms. The van der Waals surface area contributed by atoms with E-state index < -0.39 is 0 Å². The van der Waals surface area contributed by atoms with Crippen molar-refractivity contribution in [3.8, 4) is 16.9 Å². The van der Waals surface area contributed by atoms with E-state index >= 15 is 0 Å². The Bertz CT molecular complexity index is 1080. The minimum atomic E-state index is -0.183. The van der Waals surface area contributed by atoms with E-state index in [1.807, 2.05) is 102 Å². The van der Waals surface area contributed by atoms with Crippen LogP contribution in [0.5, 0.6) is 0 Å². The van der Waals surface area contributed by atoms with E-state index in [-0.39, 0.29) is 5.91 Å². The lowest BCUT2D eigenvalue weighted by Crippen LogP contribution is -2.07. The molecule has 3 aromatic carbocycles. The molecule has 0 aliphatic heterocycles. The summed E-state index contributed by atoms with van der Waals surface area (Å²) in [5.41, 5.74) is 4.43. The van der Waals surface area contributed by atoms with Crippen LogP contribution in [0.15, 0.2) is 103 Å². The molecule has 4 aromatic rings. The zero-order chi connectivity index (χ0) is 19.2. The van der Waals surface area contributed by atoms with Gasteiger partial charge in [-0.15, -0.1) is 0 Å². The summed E-state index contributed by atoms with van der Waals surface area (Å²) in [5, 5.41) is 7.60. The Morgan fingerprint density at radius 1 is 0.821 bits per heavy atom. The van der Waals surface area contributed by atoms with Gasteiger partial charge in [0.05, 0.1) is 11.4 Å². The average Bonchev–Trinajstić information content (AvgIpc) is 3.19. The van der Waals surface area contributed by atoms with Crippen LogP contribution in [0.4, 0.5) is 5.69 Å². The Balaban J connectivity index is 1.65. The third kappa shape index (κ3) is 4.07. The third-order valence-corrected chi connectivity index (χ3v) is 4.27. The van der Waals surface area contributed by atoms with Crippen LogP contribution in [0, 0.1) is 0 Å². The fourth-order valence-electron chi connectivity index (χ4n) is 2.91. The van der Waals surface area contributed by atoms with Crippen LogP contribution in [-0.4, -0.2) is 15.7 Å². The molecule has 0 bridgehead atoms. The maximum Gasteiger partial charge on any atom is 0.248 e. The quantitative estimate of drug-likeness (QED) is 0.495. The number of hydrogen-bond acceptors (Lipinski definition) is 2. The molecule has 0 radical (unpaired) electrons. The van der Waals surface area contributed by atoms with E-state index in [0.717, 1.165) is 28.2 Å². The first-order valence-electron chi connectivity index (χ1n) is 9.04. The molecule has 1 heterocycles. The van der Waals surface area contributed by atoms with Crippen molar-refractivity contribution < 1.29 is 4.79 Å². The predicted molar refractivity (Wildman–Crippen MR) is 113 cm³/mol. The molecule has 0 aliphatic carbocycles.